The number of nitrogens with one attached hydrogen (secondary N) is 1. The van der Waals surface area contributed by atoms with Crippen molar-refractivity contribution in [3.05, 3.63) is 0 Å². The van der Waals surface area contributed by atoms with E-state index in [1.165, 1.54) is 0 Å². The Morgan fingerprint density at radius 3 is 2.00 bits per heavy atom. The molecule has 3 heteroatoms. The summed E-state index contributed by atoms with van der Waals surface area (Å²) in [7, 11) is 0. The number of halogens is 2. The molecule has 0 fully saturated rings. The van der Waals surface area contributed by atoms with Gasteiger partial charge in [-0.25, -0.2) is 0 Å². The fraction of sp³-hybridized carbons (Fsp3) is 1.00. The van der Waals surface area contributed by atoms with Crippen molar-refractivity contribution in [3.63, 3.8) is 0 Å². The zero-order valence-electron chi connectivity index (χ0n) is 4.46. The van der Waals surface area contributed by atoms with Crippen LogP contribution in [-0.4, -0.2) is 9.97 Å². The molecule has 0 aliphatic rings. The highest BCUT2D eigenvalue weighted by Crippen LogP contribution is 2.07. The molecule has 0 aromatic heterocycles. The van der Waals surface area contributed by atoms with Crippen molar-refractivity contribution in [2.24, 2.45) is 0 Å². The predicted molar refractivity (Wildman–Crippen MR) is 50.1 cm³/mol. The van der Waals surface area contributed by atoms with E-state index in [4.69, 9.17) is 0 Å². The highest BCUT2D eigenvalue weighted by molar-refractivity contribution is 14.1. The Morgan fingerprint density at radius 2 is 2.00 bits per heavy atom. The molecule has 0 aliphatic heterocycles. The molecule has 0 rings (SSSR count). The Balaban J connectivity index is 3.36. The van der Waals surface area contributed by atoms with E-state index in [1.54, 1.807) is 0 Å². The van der Waals surface area contributed by atoms with Gasteiger partial charge < -0.3 is 0 Å². The Labute approximate surface area is 72.3 Å². The van der Waals surface area contributed by atoms with Crippen LogP contribution in [0.15, 0.2) is 0 Å². The van der Waals surface area contributed by atoms with E-state index in [2.05, 4.69) is 62.8 Å². The standard InChI is InChI=1S/C4H9I2N/c1-4(2,3-5)7-6/h7H,3H2,1-2H3. The van der Waals surface area contributed by atoms with Gasteiger partial charge in [-0.05, 0) is 13.8 Å². The zero-order valence-corrected chi connectivity index (χ0v) is 8.78. The molecule has 0 atom stereocenters. The fourth-order valence-corrected chi connectivity index (χ4v) is 1.14. The van der Waals surface area contributed by atoms with Gasteiger partial charge in [0.15, 0.2) is 0 Å². The third kappa shape index (κ3) is 3.96. The summed E-state index contributed by atoms with van der Waals surface area (Å²) < 4.78 is 4.30. The third-order valence-corrected chi connectivity index (χ3v) is 3.96. The first-order valence-electron chi connectivity index (χ1n) is 2.06. The van der Waals surface area contributed by atoms with Crippen molar-refractivity contribution in [2.75, 3.05) is 4.43 Å². The monoisotopic (exact) mass is 325 g/mol. The average Bonchev–Trinajstić information content (AvgIpc) is 1.68. The lowest BCUT2D eigenvalue weighted by Crippen LogP contribution is -2.33. The second-order valence-electron chi connectivity index (χ2n) is 2.11. The van der Waals surface area contributed by atoms with E-state index in [9.17, 15) is 0 Å². The minimum absolute atomic E-state index is 0.307. The summed E-state index contributed by atoms with van der Waals surface area (Å²) >= 11 is 4.54. The Bertz CT molecular complexity index is 47.7. The smallest absolute Gasteiger partial charge is 0.0307 e. The first-order valence-corrected chi connectivity index (χ1v) is 4.66. The Morgan fingerprint density at radius 1 is 1.57 bits per heavy atom. The summed E-state index contributed by atoms with van der Waals surface area (Å²) in [6, 6.07) is 0. The van der Waals surface area contributed by atoms with Crippen LogP contribution in [0.3, 0.4) is 0 Å². The molecule has 0 radical (unpaired) electrons. The topological polar surface area (TPSA) is 12.0 Å². The number of hydrogen-bond acceptors (Lipinski definition) is 1. The molecule has 7 heavy (non-hydrogen) atoms. The van der Waals surface area contributed by atoms with Gasteiger partial charge in [0.05, 0.1) is 0 Å². The Kier molecular flexibility index (Phi) is 4.15. The number of alkyl halides is 1. The molecule has 0 aliphatic carbocycles. The lowest BCUT2D eigenvalue weighted by molar-refractivity contribution is 0.571. The van der Waals surface area contributed by atoms with Crippen LogP contribution in [0.2, 0.25) is 0 Å². The lowest BCUT2D eigenvalue weighted by Gasteiger charge is -2.17. The van der Waals surface area contributed by atoms with Crippen molar-refractivity contribution in [1.29, 1.82) is 0 Å². The lowest BCUT2D eigenvalue weighted by atomic mass is 10.1. The molecular formula is C4H9I2N. The van der Waals surface area contributed by atoms with Gasteiger partial charge in [-0.1, -0.05) is 22.6 Å². The molecule has 1 nitrogen and oxygen atoms in total. The van der Waals surface area contributed by atoms with E-state index in [0.29, 0.717) is 5.54 Å². The maximum absolute atomic E-state index is 3.15. The molecule has 1 N–H and O–H groups in total. The van der Waals surface area contributed by atoms with Gasteiger partial charge >= 0.3 is 0 Å². The van der Waals surface area contributed by atoms with E-state index < -0.39 is 0 Å². The highest BCUT2D eigenvalue weighted by Gasteiger charge is 2.11. The zero-order chi connectivity index (χ0) is 5.91. The molecular weight excluding hydrogens is 316 g/mol. The van der Waals surface area contributed by atoms with Gasteiger partial charge in [-0.15, -0.1) is 0 Å². The maximum Gasteiger partial charge on any atom is 0.0307 e. The van der Waals surface area contributed by atoms with Crippen LogP contribution >= 0.6 is 45.5 Å². The molecule has 44 valence electrons. The van der Waals surface area contributed by atoms with E-state index >= 15 is 0 Å². The highest BCUT2D eigenvalue weighted by atomic mass is 127. The van der Waals surface area contributed by atoms with Crippen LogP contribution in [-0.2, 0) is 0 Å². The molecule has 0 amide bonds. The van der Waals surface area contributed by atoms with E-state index in [-0.39, 0.29) is 0 Å². The van der Waals surface area contributed by atoms with Crippen molar-refractivity contribution in [2.45, 2.75) is 19.4 Å². The molecule has 0 spiro atoms. The van der Waals surface area contributed by atoms with Crippen molar-refractivity contribution >= 4 is 45.5 Å². The second-order valence-corrected chi connectivity index (χ2v) is 3.41. The molecule has 0 aromatic rings. The fourth-order valence-electron chi connectivity index (χ4n) is 0.0253. The van der Waals surface area contributed by atoms with Crippen LogP contribution in [0.1, 0.15) is 13.8 Å². The SMILES string of the molecule is CC(C)(CI)NI. The van der Waals surface area contributed by atoms with Gasteiger partial charge in [0.2, 0.25) is 0 Å². The van der Waals surface area contributed by atoms with E-state index in [1.807, 2.05) is 0 Å². The van der Waals surface area contributed by atoms with Gasteiger partial charge in [-0.3, -0.25) is 3.53 Å². The minimum atomic E-state index is 0.307. The van der Waals surface area contributed by atoms with Crippen LogP contribution in [0.5, 0.6) is 0 Å². The molecule has 0 aromatic carbocycles. The summed E-state index contributed by atoms with van der Waals surface area (Å²) in [4.78, 5) is 0. The van der Waals surface area contributed by atoms with Crippen LogP contribution < -0.4 is 3.53 Å². The Hall–Kier alpha value is 1.42. The molecule has 0 saturated heterocycles. The molecule has 0 unspecified atom stereocenters. The van der Waals surface area contributed by atoms with Crippen LogP contribution in [0.4, 0.5) is 0 Å². The van der Waals surface area contributed by atoms with Crippen LogP contribution in [0, 0.1) is 0 Å². The number of rotatable bonds is 2. The normalized spacial score (nSPS) is 12.0. The average molecular weight is 325 g/mol. The second kappa shape index (κ2) is 3.45. The predicted octanol–water partition coefficient (Wildman–Crippen LogP) is 2.14. The van der Waals surface area contributed by atoms with Gasteiger partial charge in [0.25, 0.3) is 0 Å². The molecule has 0 heterocycles. The first kappa shape index (κ1) is 8.42. The minimum Gasteiger partial charge on any atom is -0.255 e. The van der Waals surface area contributed by atoms with Crippen molar-refractivity contribution < 1.29 is 0 Å². The van der Waals surface area contributed by atoms with Crippen molar-refractivity contribution in [3.8, 4) is 0 Å². The van der Waals surface area contributed by atoms with Crippen LogP contribution in [0.25, 0.3) is 0 Å². The van der Waals surface area contributed by atoms with Crippen molar-refractivity contribution in [1.82, 2.24) is 3.53 Å². The summed E-state index contributed by atoms with van der Waals surface area (Å²) in [6.45, 7) is 4.34. The molecule has 0 bridgehead atoms. The third-order valence-electron chi connectivity index (χ3n) is 0.590. The summed E-state index contributed by atoms with van der Waals surface area (Å²) in [5, 5.41) is 0. The first-order chi connectivity index (χ1) is 3.12. The van der Waals surface area contributed by atoms with Gasteiger partial charge in [0, 0.05) is 32.8 Å². The summed E-state index contributed by atoms with van der Waals surface area (Å²) in [6.07, 6.45) is 0. The maximum atomic E-state index is 3.15. The van der Waals surface area contributed by atoms with E-state index in [0.717, 1.165) is 4.43 Å². The quantitative estimate of drug-likeness (QED) is 0.466. The number of hydrogen-bond donors (Lipinski definition) is 1. The van der Waals surface area contributed by atoms with Gasteiger partial charge in [0.1, 0.15) is 0 Å². The molecule has 0 saturated carbocycles. The van der Waals surface area contributed by atoms with Gasteiger partial charge in [-0.2, -0.15) is 0 Å². The largest absolute Gasteiger partial charge is 0.255 e. The summed E-state index contributed by atoms with van der Waals surface area (Å²) in [5.74, 6) is 0. The summed E-state index contributed by atoms with van der Waals surface area (Å²) in [5.41, 5.74) is 0.307.